The number of nitrogens with one attached hydrogen (secondary N) is 1. The second-order valence-corrected chi connectivity index (χ2v) is 9.62. The first kappa shape index (κ1) is 21.3. The summed E-state index contributed by atoms with van der Waals surface area (Å²) in [5.41, 5.74) is 2.98. The number of hydrogen-bond acceptors (Lipinski definition) is 6. The number of rotatable bonds is 4. The average Bonchev–Trinajstić information content (AvgIpc) is 3.10. The van der Waals surface area contributed by atoms with Crippen molar-refractivity contribution in [2.24, 2.45) is 4.40 Å². The molecule has 33 heavy (non-hydrogen) atoms. The van der Waals surface area contributed by atoms with E-state index >= 15 is 0 Å². The van der Waals surface area contributed by atoms with E-state index in [-0.39, 0.29) is 16.6 Å². The minimum Gasteiger partial charge on any atom is -0.339 e. The Morgan fingerprint density at radius 3 is 2.42 bits per heavy atom. The highest BCUT2D eigenvalue weighted by Gasteiger charge is 2.28. The third kappa shape index (κ3) is 4.50. The molecule has 0 aliphatic carbocycles. The van der Waals surface area contributed by atoms with Gasteiger partial charge in [-0.2, -0.15) is 8.42 Å². The predicted octanol–water partition coefficient (Wildman–Crippen LogP) is 2.60. The molecule has 5 rings (SSSR count). The normalized spacial score (nSPS) is 17.3. The highest BCUT2D eigenvalue weighted by Crippen LogP contribution is 2.26. The van der Waals surface area contributed by atoms with E-state index in [2.05, 4.69) is 25.7 Å². The standard InChI is InChI=1S/C24H23N5O3S/c30-24(29-14-12-28(13-15-29)17-18-4-3-11-25-16-18)19-7-9-20(10-8-19)26-23-21-5-1-2-6-22(21)33(31,32)27-23/h1-11,16H,12-15,17H2,(H,26,27). The molecule has 1 aromatic heterocycles. The predicted molar refractivity (Wildman–Crippen MR) is 126 cm³/mol. The lowest BCUT2D eigenvalue weighted by Gasteiger charge is -2.34. The smallest absolute Gasteiger partial charge is 0.285 e. The molecule has 0 radical (unpaired) electrons. The number of nitrogens with zero attached hydrogens (tertiary/aromatic N) is 4. The Balaban J connectivity index is 1.20. The summed E-state index contributed by atoms with van der Waals surface area (Å²) in [6, 6.07) is 17.7. The van der Waals surface area contributed by atoms with Gasteiger partial charge in [-0.25, -0.2) is 0 Å². The monoisotopic (exact) mass is 461 g/mol. The molecule has 9 heteroatoms. The van der Waals surface area contributed by atoms with Crippen LogP contribution in [0.15, 0.2) is 82.4 Å². The zero-order valence-electron chi connectivity index (χ0n) is 17.9. The Morgan fingerprint density at radius 1 is 0.939 bits per heavy atom. The summed E-state index contributed by atoms with van der Waals surface area (Å²) >= 11 is 0. The molecule has 1 saturated heterocycles. The second-order valence-electron chi connectivity index (χ2n) is 8.04. The van der Waals surface area contributed by atoms with Crippen LogP contribution < -0.4 is 5.32 Å². The third-order valence-corrected chi connectivity index (χ3v) is 7.15. The van der Waals surface area contributed by atoms with Crippen LogP contribution in [0.3, 0.4) is 0 Å². The average molecular weight is 462 g/mol. The number of sulfonamides is 1. The quantitative estimate of drug-likeness (QED) is 0.642. The van der Waals surface area contributed by atoms with Crippen molar-refractivity contribution in [2.75, 3.05) is 31.5 Å². The van der Waals surface area contributed by atoms with Crippen molar-refractivity contribution in [3.63, 3.8) is 0 Å². The number of aromatic nitrogens is 1. The number of amidine groups is 1. The maximum Gasteiger partial charge on any atom is 0.285 e. The summed E-state index contributed by atoms with van der Waals surface area (Å²) < 4.78 is 28.3. The highest BCUT2D eigenvalue weighted by atomic mass is 32.2. The van der Waals surface area contributed by atoms with Crippen LogP contribution in [0.4, 0.5) is 5.69 Å². The molecule has 0 atom stereocenters. The number of amides is 1. The van der Waals surface area contributed by atoms with Gasteiger partial charge in [0.25, 0.3) is 15.9 Å². The van der Waals surface area contributed by atoms with Crippen molar-refractivity contribution < 1.29 is 13.2 Å². The fourth-order valence-corrected chi connectivity index (χ4v) is 5.25. The molecule has 2 aliphatic heterocycles. The van der Waals surface area contributed by atoms with E-state index in [1.54, 1.807) is 54.7 Å². The lowest BCUT2D eigenvalue weighted by molar-refractivity contribution is 0.0628. The lowest BCUT2D eigenvalue weighted by atomic mass is 10.1. The minimum absolute atomic E-state index is 0.00583. The van der Waals surface area contributed by atoms with E-state index in [1.807, 2.05) is 17.2 Å². The second kappa shape index (κ2) is 8.76. The lowest BCUT2D eigenvalue weighted by Crippen LogP contribution is -2.48. The zero-order chi connectivity index (χ0) is 22.8. The van der Waals surface area contributed by atoms with Crippen LogP contribution in [0.25, 0.3) is 0 Å². The Morgan fingerprint density at radius 2 is 1.70 bits per heavy atom. The molecule has 1 amide bonds. The molecule has 168 valence electrons. The van der Waals surface area contributed by atoms with Gasteiger partial charge in [-0.3, -0.25) is 14.7 Å². The molecule has 0 saturated carbocycles. The summed E-state index contributed by atoms with van der Waals surface area (Å²) in [4.78, 5) is 21.5. The van der Waals surface area contributed by atoms with Crippen LogP contribution in [-0.4, -0.2) is 61.1 Å². The molecule has 8 nitrogen and oxygen atoms in total. The summed E-state index contributed by atoms with van der Waals surface area (Å²) in [5, 5.41) is 3.06. The van der Waals surface area contributed by atoms with Gasteiger partial charge in [0.2, 0.25) is 0 Å². The third-order valence-electron chi connectivity index (χ3n) is 5.81. The number of hydrogen-bond donors (Lipinski definition) is 1. The number of benzene rings is 2. The van der Waals surface area contributed by atoms with Gasteiger partial charge < -0.3 is 10.2 Å². The maximum absolute atomic E-state index is 12.9. The van der Waals surface area contributed by atoms with Crippen molar-refractivity contribution >= 4 is 27.5 Å². The van der Waals surface area contributed by atoms with Crippen molar-refractivity contribution in [3.05, 3.63) is 89.7 Å². The van der Waals surface area contributed by atoms with Gasteiger partial charge in [0.15, 0.2) is 5.84 Å². The number of piperazine rings is 1. The minimum atomic E-state index is -3.68. The molecule has 3 aromatic rings. The first-order chi connectivity index (χ1) is 16.0. The van der Waals surface area contributed by atoms with Crippen LogP contribution in [-0.2, 0) is 16.6 Å². The first-order valence-corrected chi connectivity index (χ1v) is 12.2. The topological polar surface area (TPSA) is 95.0 Å². The molecule has 2 aromatic carbocycles. The summed E-state index contributed by atoms with van der Waals surface area (Å²) in [6.45, 7) is 3.80. The van der Waals surface area contributed by atoms with E-state index in [1.165, 1.54) is 5.56 Å². The molecule has 1 N–H and O–H groups in total. The molecule has 0 unspecified atom stereocenters. The number of fused-ring (bicyclic) bond motifs is 1. The van der Waals surface area contributed by atoms with Gasteiger partial charge in [0.05, 0.1) is 0 Å². The van der Waals surface area contributed by atoms with Crippen LogP contribution in [0, 0.1) is 0 Å². The Bertz CT molecular complexity index is 1300. The zero-order valence-corrected chi connectivity index (χ0v) is 18.7. The Kier molecular flexibility index (Phi) is 5.65. The van der Waals surface area contributed by atoms with Crippen LogP contribution in [0.1, 0.15) is 21.5 Å². The highest BCUT2D eigenvalue weighted by molar-refractivity contribution is 7.90. The van der Waals surface area contributed by atoms with E-state index in [0.717, 1.165) is 19.6 Å². The molecule has 0 bridgehead atoms. The van der Waals surface area contributed by atoms with Gasteiger partial charge >= 0.3 is 0 Å². The number of carbonyl (C=O) groups excluding carboxylic acids is 1. The maximum atomic E-state index is 12.9. The molecule has 2 aliphatic rings. The molecular weight excluding hydrogens is 438 g/mol. The number of pyridine rings is 1. The SMILES string of the molecule is O=C(c1ccc(NC2=NS(=O)(=O)c3ccccc32)cc1)N1CCN(Cc2cccnc2)CC1. The van der Waals surface area contributed by atoms with Gasteiger partial charge in [-0.05, 0) is 48.0 Å². The van der Waals surface area contributed by atoms with Crippen LogP contribution >= 0.6 is 0 Å². The van der Waals surface area contributed by atoms with Gasteiger partial charge in [0, 0.05) is 61.9 Å². The molecular formula is C24H23N5O3S. The molecule has 3 heterocycles. The van der Waals surface area contributed by atoms with Gasteiger partial charge in [-0.15, -0.1) is 4.40 Å². The van der Waals surface area contributed by atoms with Gasteiger partial charge in [-0.1, -0.05) is 18.2 Å². The van der Waals surface area contributed by atoms with Crippen LogP contribution in [0.2, 0.25) is 0 Å². The summed E-state index contributed by atoms with van der Waals surface area (Å²) in [6.07, 6.45) is 3.64. The van der Waals surface area contributed by atoms with E-state index < -0.39 is 10.0 Å². The molecule has 0 spiro atoms. The Hall–Kier alpha value is -3.56. The largest absolute Gasteiger partial charge is 0.339 e. The summed E-state index contributed by atoms with van der Waals surface area (Å²) in [7, 11) is -3.68. The van der Waals surface area contributed by atoms with Crippen LogP contribution in [0.5, 0.6) is 0 Å². The fourth-order valence-electron chi connectivity index (χ4n) is 4.07. The van der Waals surface area contributed by atoms with E-state index in [9.17, 15) is 13.2 Å². The van der Waals surface area contributed by atoms with Gasteiger partial charge in [0.1, 0.15) is 4.90 Å². The fraction of sp³-hybridized carbons (Fsp3) is 0.208. The number of carbonyl (C=O) groups is 1. The van der Waals surface area contributed by atoms with Crippen molar-refractivity contribution in [1.29, 1.82) is 0 Å². The van der Waals surface area contributed by atoms with Crippen molar-refractivity contribution in [1.82, 2.24) is 14.8 Å². The van der Waals surface area contributed by atoms with E-state index in [0.29, 0.717) is 29.9 Å². The van der Waals surface area contributed by atoms with E-state index in [4.69, 9.17) is 0 Å². The van der Waals surface area contributed by atoms with Crippen molar-refractivity contribution in [3.8, 4) is 0 Å². The number of anilines is 1. The van der Waals surface area contributed by atoms with Crippen molar-refractivity contribution in [2.45, 2.75) is 11.4 Å². The Labute approximate surface area is 192 Å². The first-order valence-electron chi connectivity index (χ1n) is 10.7. The summed E-state index contributed by atoms with van der Waals surface area (Å²) in [5.74, 6) is 0.281. The molecule has 1 fully saturated rings.